The summed E-state index contributed by atoms with van der Waals surface area (Å²) in [7, 11) is 0. The minimum atomic E-state index is -0.305. The van der Waals surface area contributed by atoms with Crippen LogP contribution in [0.5, 0.6) is 5.75 Å². The van der Waals surface area contributed by atoms with E-state index in [4.69, 9.17) is 4.74 Å². The van der Waals surface area contributed by atoms with Crippen molar-refractivity contribution in [2.45, 2.75) is 45.4 Å². The van der Waals surface area contributed by atoms with Gasteiger partial charge in [-0.05, 0) is 28.7 Å². The van der Waals surface area contributed by atoms with E-state index in [1.54, 1.807) is 6.07 Å². The molecule has 0 aliphatic carbocycles. The standard InChI is InChI=1S/C32H36N4O3/c1-22(2)30(20-37)35-32(38)28-10-6-9-27-29(15-16-39-31(27)28)34-18-26-17-33-21-36(26)19-23-11-13-25(14-12-23)24-7-4-3-5-8-24/h3-14,17,21-22,29-30,34,37H,15-16,18-20H2,1-2H3,(H,35,38). The van der Waals surface area contributed by atoms with Crippen LogP contribution in [-0.4, -0.2) is 39.8 Å². The lowest BCUT2D eigenvalue weighted by Crippen LogP contribution is -2.41. The van der Waals surface area contributed by atoms with Gasteiger partial charge in [-0.1, -0.05) is 80.6 Å². The Bertz CT molecular complexity index is 1380. The molecule has 39 heavy (non-hydrogen) atoms. The summed E-state index contributed by atoms with van der Waals surface area (Å²) in [5, 5.41) is 16.2. The number of carbonyl (C=O) groups is 1. The number of para-hydroxylation sites is 1. The van der Waals surface area contributed by atoms with Crippen molar-refractivity contribution in [1.82, 2.24) is 20.2 Å². The first kappa shape index (κ1) is 26.7. The van der Waals surface area contributed by atoms with E-state index >= 15 is 0 Å². The van der Waals surface area contributed by atoms with Crippen molar-refractivity contribution in [3.8, 4) is 16.9 Å². The molecule has 0 bridgehead atoms. The molecular weight excluding hydrogens is 488 g/mol. The highest BCUT2D eigenvalue weighted by atomic mass is 16.5. The number of amides is 1. The highest BCUT2D eigenvalue weighted by Gasteiger charge is 2.27. The molecule has 1 amide bonds. The molecule has 0 radical (unpaired) electrons. The first-order valence-electron chi connectivity index (χ1n) is 13.6. The lowest BCUT2D eigenvalue weighted by molar-refractivity contribution is 0.0891. The minimum Gasteiger partial charge on any atom is -0.492 e. The van der Waals surface area contributed by atoms with E-state index in [0.29, 0.717) is 24.5 Å². The molecule has 2 unspecified atom stereocenters. The number of aliphatic hydroxyl groups is 1. The molecule has 1 aliphatic heterocycles. The van der Waals surface area contributed by atoms with Crippen LogP contribution in [0.3, 0.4) is 0 Å². The fourth-order valence-electron chi connectivity index (χ4n) is 4.98. The van der Waals surface area contributed by atoms with E-state index in [1.807, 2.05) is 44.6 Å². The summed E-state index contributed by atoms with van der Waals surface area (Å²) in [5.41, 5.74) is 6.19. The number of hydrogen-bond acceptors (Lipinski definition) is 5. The van der Waals surface area contributed by atoms with E-state index in [9.17, 15) is 9.90 Å². The Morgan fingerprint density at radius 1 is 1.05 bits per heavy atom. The molecule has 202 valence electrons. The summed E-state index contributed by atoms with van der Waals surface area (Å²) in [6.45, 7) is 5.75. The molecule has 1 aliphatic rings. The Hall–Kier alpha value is -3.94. The quantitative estimate of drug-likeness (QED) is 0.273. The third-order valence-electron chi connectivity index (χ3n) is 7.38. The normalized spacial score (nSPS) is 15.4. The molecule has 7 nitrogen and oxygen atoms in total. The molecule has 2 heterocycles. The third kappa shape index (κ3) is 6.21. The monoisotopic (exact) mass is 524 g/mol. The number of ether oxygens (including phenoxy) is 1. The molecule has 5 rings (SSSR count). The highest BCUT2D eigenvalue weighted by Crippen LogP contribution is 2.35. The van der Waals surface area contributed by atoms with Gasteiger partial charge < -0.3 is 25.0 Å². The van der Waals surface area contributed by atoms with E-state index in [2.05, 4.69) is 68.7 Å². The summed E-state index contributed by atoms with van der Waals surface area (Å²) in [6.07, 6.45) is 4.57. The van der Waals surface area contributed by atoms with Crippen LogP contribution in [0.4, 0.5) is 0 Å². The maximum Gasteiger partial charge on any atom is 0.255 e. The molecule has 7 heteroatoms. The molecule has 1 aromatic heterocycles. The van der Waals surface area contributed by atoms with Crippen LogP contribution < -0.4 is 15.4 Å². The molecule has 4 aromatic rings. The number of fused-ring (bicyclic) bond motifs is 1. The van der Waals surface area contributed by atoms with Crippen molar-refractivity contribution in [3.63, 3.8) is 0 Å². The molecule has 0 fully saturated rings. The van der Waals surface area contributed by atoms with Crippen LogP contribution >= 0.6 is 0 Å². The highest BCUT2D eigenvalue weighted by molar-refractivity contribution is 5.97. The van der Waals surface area contributed by atoms with Crippen LogP contribution in [0.2, 0.25) is 0 Å². The molecule has 3 N–H and O–H groups in total. The van der Waals surface area contributed by atoms with Gasteiger partial charge >= 0.3 is 0 Å². The first-order chi connectivity index (χ1) is 19.0. The molecule has 0 spiro atoms. The van der Waals surface area contributed by atoms with Crippen molar-refractivity contribution >= 4 is 5.91 Å². The summed E-state index contributed by atoms with van der Waals surface area (Å²) >= 11 is 0. The molecule has 2 atom stereocenters. The second kappa shape index (κ2) is 12.3. The smallest absolute Gasteiger partial charge is 0.255 e. The summed E-state index contributed by atoms with van der Waals surface area (Å²) in [6, 6.07) is 24.5. The Kier molecular flexibility index (Phi) is 8.39. The Morgan fingerprint density at radius 2 is 1.82 bits per heavy atom. The van der Waals surface area contributed by atoms with Crippen molar-refractivity contribution in [2.75, 3.05) is 13.2 Å². The zero-order valence-corrected chi connectivity index (χ0v) is 22.5. The van der Waals surface area contributed by atoms with Gasteiger partial charge in [-0.3, -0.25) is 4.79 Å². The zero-order valence-electron chi connectivity index (χ0n) is 22.5. The van der Waals surface area contributed by atoms with Crippen LogP contribution in [0.1, 0.15) is 53.5 Å². The van der Waals surface area contributed by atoms with Gasteiger partial charge in [-0.2, -0.15) is 0 Å². The average molecular weight is 525 g/mol. The maximum absolute atomic E-state index is 13.0. The number of nitrogens with zero attached hydrogens (tertiary/aromatic N) is 2. The summed E-state index contributed by atoms with van der Waals surface area (Å²) < 4.78 is 8.14. The van der Waals surface area contributed by atoms with Crippen molar-refractivity contribution in [3.05, 3.63) is 108 Å². The lowest BCUT2D eigenvalue weighted by atomic mass is 9.96. The Morgan fingerprint density at radius 3 is 2.56 bits per heavy atom. The molecular formula is C32H36N4O3. The van der Waals surface area contributed by atoms with Gasteiger partial charge in [0, 0.05) is 37.3 Å². The van der Waals surface area contributed by atoms with Gasteiger partial charge in [0.05, 0.1) is 36.8 Å². The van der Waals surface area contributed by atoms with Gasteiger partial charge in [0.15, 0.2) is 0 Å². The van der Waals surface area contributed by atoms with Crippen molar-refractivity contribution in [1.29, 1.82) is 0 Å². The second-order valence-corrected chi connectivity index (χ2v) is 10.4. The first-order valence-corrected chi connectivity index (χ1v) is 13.6. The van der Waals surface area contributed by atoms with Crippen molar-refractivity contribution < 1.29 is 14.6 Å². The number of carbonyl (C=O) groups excluding carboxylic acids is 1. The predicted molar refractivity (Wildman–Crippen MR) is 153 cm³/mol. The van der Waals surface area contributed by atoms with Crippen LogP contribution in [-0.2, 0) is 13.1 Å². The average Bonchev–Trinajstić information content (AvgIpc) is 3.41. The van der Waals surface area contributed by atoms with Crippen LogP contribution in [0.25, 0.3) is 11.1 Å². The van der Waals surface area contributed by atoms with E-state index in [0.717, 1.165) is 24.2 Å². The van der Waals surface area contributed by atoms with Crippen LogP contribution in [0, 0.1) is 5.92 Å². The summed E-state index contributed by atoms with van der Waals surface area (Å²) in [4.78, 5) is 17.4. The minimum absolute atomic E-state index is 0.0498. The largest absolute Gasteiger partial charge is 0.492 e. The van der Waals surface area contributed by atoms with Gasteiger partial charge in [0.1, 0.15) is 5.75 Å². The third-order valence-corrected chi connectivity index (χ3v) is 7.38. The Labute approximate surface area is 229 Å². The topological polar surface area (TPSA) is 88.4 Å². The molecule has 0 saturated heterocycles. The van der Waals surface area contributed by atoms with Gasteiger partial charge in [-0.25, -0.2) is 4.98 Å². The summed E-state index contributed by atoms with van der Waals surface area (Å²) in [5.74, 6) is 0.517. The zero-order chi connectivity index (χ0) is 27.2. The Balaban J connectivity index is 1.25. The second-order valence-electron chi connectivity index (χ2n) is 10.4. The fourth-order valence-corrected chi connectivity index (χ4v) is 4.98. The van der Waals surface area contributed by atoms with Gasteiger partial charge in [0.25, 0.3) is 5.91 Å². The predicted octanol–water partition coefficient (Wildman–Crippen LogP) is 4.96. The van der Waals surface area contributed by atoms with Crippen LogP contribution in [0.15, 0.2) is 85.3 Å². The van der Waals surface area contributed by atoms with E-state index in [1.165, 1.54) is 16.7 Å². The number of nitrogens with one attached hydrogen (secondary N) is 2. The number of hydrogen-bond donors (Lipinski definition) is 3. The number of aromatic nitrogens is 2. The van der Waals surface area contributed by atoms with Crippen molar-refractivity contribution in [2.24, 2.45) is 5.92 Å². The molecule has 0 saturated carbocycles. The fraction of sp³-hybridized carbons (Fsp3) is 0.312. The maximum atomic E-state index is 13.0. The van der Waals surface area contributed by atoms with Gasteiger partial charge in [0.2, 0.25) is 0 Å². The van der Waals surface area contributed by atoms with E-state index < -0.39 is 0 Å². The SMILES string of the molecule is CC(C)C(CO)NC(=O)c1cccc2c1OCCC2NCc1cncn1Cc1ccc(-c2ccccc2)cc1. The number of rotatable bonds is 10. The number of benzene rings is 3. The molecule has 3 aromatic carbocycles. The number of aliphatic hydroxyl groups excluding tert-OH is 1. The van der Waals surface area contributed by atoms with Gasteiger partial charge in [-0.15, -0.1) is 0 Å². The number of imidazole rings is 1. The lowest BCUT2D eigenvalue weighted by Gasteiger charge is -2.29. The van der Waals surface area contributed by atoms with E-state index in [-0.39, 0.29) is 30.5 Å².